The summed E-state index contributed by atoms with van der Waals surface area (Å²) >= 11 is 0. The van der Waals surface area contributed by atoms with Gasteiger partial charge in [-0.25, -0.2) is 21.6 Å². The first-order valence-corrected chi connectivity index (χ1v) is 14.7. The molecule has 0 unspecified atom stereocenters. The molecule has 0 radical (unpaired) electrons. The fourth-order valence-electron chi connectivity index (χ4n) is 4.43. The standard InChI is InChI=1S/C26H28N2O6S2/c1-19-12-13-22(26(29)30)14-25(19)36(33,34)28(16-21-10-6-3-7-11-21)24-18-35(31,32)17-23(24)27-15-20-8-4-2-5-9-20/h2-14,23-24,27H,15-18H2,1H3,(H,29,30)/t23-,24+/m1/s1. The van der Waals surface area contributed by atoms with Crippen molar-refractivity contribution in [2.24, 2.45) is 0 Å². The molecule has 0 aromatic heterocycles. The highest BCUT2D eigenvalue weighted by Crippen LogP contribution is 2.30. The minimum atomic E-state index is -4.27. The molecule has 1 saturated heterocycles. The van der Waals surface area contributed by atoms with E-state index < -0.39 is 37.9 Å². The summed E-state index contributed by atoms with van der Waals surface area (Å²) in [6.07, 6.45) is 0. The minimum absolute atomic E-state index is 0.0520. The van der Waals surface area contributed by atoms with Crippen LogP contribution in [0.1, 0.15) is 27.0 Å². The molecule has 3 aromatic carbocycles. The van der Waals surface area contributed by atoms with Crippen LogP contribution in [-0.2, 0) is 33.0 Å². The molecule has 190 valence electrons. The van der Waals surface area contributed by atoms with Crippen LogP contribution < -0.4 is 5.32 Å². The van der Waals surface area contributed by atoms with Crippen LogP contribution >= 0.6 is 0 Å². The molecule has 0 spiro atoms. The first kappa shape index (κ1) is 26.0. The number of carboxylic acids is 1. The Labute approximate surface area is 211 Å². The summed E-state index contributed by atoms with van der Waals surface area (Å²) in [7, 11) is -7.79. The molecule has 0 amide bonds. The first-order chi connectivity index (χ1) is 17.1. The van der Waals surface area contributed by atoms with Gasteiger partial charge in [0.15, 0.2) is 9.84 Å². The van der Waals surface area contributed by atoms with Crippen LogP contribution in [0.4, 0.5) is 0 Å². The van der Waals surface area contributed by atoms with Gasteiger partial charge in [-0.1, -0.05) is 66.7 Å². The number of nitrogens with one attached hydrogen (secondary N) is 1. The number of hydrogen-bond acceptors (Lipinski definition) is 6. The lowest BCUT2D eigenvalue weighted by Gasteiger charge is -2.32. The van der Waals surface area contributed by atoms with E-state index in [1.807, 2.05) is 36.4 Å². The van der Waals surface area contributed by atoms with E-state index in [2.05, 4.69) is 5.32 Å². The highest BCUT2D eigenvalue weighted by atomic mass is 32.2. The topological polar surface area (TPSA) is 121 Å². The Morgan fingerprint density at radius 1 is 0.972 bits per heavy atom. The maximum atomic E-state index is 14.1. The first-order valence-electron chi connectivity index (χ1n) is 11.4. The molecule has 4 rings (SSSR count). The van der Waals surface area contributed by atoms with Gasteiger partial charge in [-0.3, -0.25) is 0 Å². The van der Waals surface area contributed by atoms with Crippen LogP contribution in [-0.4, -0.2) is 55.8 Å². The highest BCUT2D eigenvalue weighted by Gasteiger charge is 2.45. The van der Waals surface area contributed by atoms with E-state index >= 15 is 0 Å². The molecule has 2 N–H and O–H groups in total. The quantitative estimate of drug-likeness (QED) is 0.438. The molecule has 8 nitrogen and oxygen atoms in total. The molecule has 1 heterocycles. The predicted molar refractivity (Wildman–Crippen MR) is 137 cm³/mol. The van der Waals surface area contributed by atoms with Gasteiger partial charge in [0.2, 0.25) is 10.0 Å². The smallest absolute Gasteiger partial charge is 0.335 e. The van der Waals surface area contributed by atoms with Crippen LogP contribution in [0.5, 0.6) is 0 Å². The molecule has 36 heavy (non-hydrogen) atoms. The average Bonchev–Trinajstić information content (AvgIpc) is 3.16. The van der Waals surface area contributed by atoms with Gasteiger partial charge in [0.1, 0.15) is 0 Å². The molecule has 3 aromatic rings. The van der Waals surface area contributed by atoms with Gasteiger partial charge in [-0.15, -0.1) is 0 Å². The van der Waals surface area contributed by atoms with E-state index in [0.29, 0.717) is 17.7 Å². The maximum absolute atomic E-state index is 14.1. The van der Waals surface area contributed by atoms with E-state index in [4.69, 9.17) is 0 Å². The number of sulfone groups is 1. The lowest BCUT2D eigenvalue weighted by Crippen LogP contribution is -2.51. The van der Waals surface area contributed by atoms with Gasteiger partial charge in [-0.2, -0.15) is 4.31 Å². The summed E-state index contributed by atoms with van der Waals surface area (Å²) in [5.41, 5.74) is 1.87. The van der Waals surface area contributed by atoms with Crippen molar-refractivity contribution in [3.05, 3.63) is 101 Å². The molecule has 1 aliphatic heterocycles. The third-order valence-electron chi connectivity index (χ3n) is 6.31. The van der Waals surface area contributed by atoms with E-state index in [-0.39, 0.29) is 28.5 Å². The molecule has 2 atom stereocenters. The maximum Gasteiger partial charge on any atom is 0.335 e. The van der Waals surface area contributed by atoms with Gasteiger partial charge in [0, 0.05) is 19.1 Å². The van der Waals surface area contributed by atoms with E-state index in [1.165, 1.54) is 16.4 Å². The Kier molecular flexibility index (Phi) is 7.60. The van der Waals surface area contributed by atoms with Crippen molar-refractivity contribution >= 4 is 25.8 Å². The van der Waals surface area contributed by atoms with E-state index in [9.17, 15) is 26.7 Å². The summed E-state index contributed by atoms with van der Waals surface area (Å²) in [6.45, 7) is 1.92. The van der Waals surface area contributed by atoms with Crippen LogP contribution in [0.25, 0.3) is 0 Å². The number of carboxylic acid groups (broad SMARTS) is 1. The zero-order chi connectivity index (χ0) is 25.9. The number of benzene rings is 3. The number of aromatic carboxylic acids is 1. The van der Waals surface area contributed by atoms with Crippen molar-refractivity contribution in [1.82, 2.24) is 9.62 Å². The Morgan fingerprint density at radius 2 is 1.58 bits per heavy atom. The van der Waals surface area contributed by atoms with Crippen LogP contribution in [0.2, 0.25) is 0 Å². The Balaban J connectivity index is 1.76. The summed E-state index contributed by atoms with van der Waals surface area (Å²) in [5.74, 6) is -1.77. The van der Waals surface area contributed by atoms with Gasteiger partial charge in [-0.05, 0) is 35.7 Å². The second-order valence-corrected chi connectivity index (χ2v) is 13.0. The van der Waals surface area contributed by atoms with Crippen molar-refractivity contribution in [3.8, 4) is 0 Å². The molecule has 0 saturated carbocycles. The van der Waals surface area contributed by atoms with E-state index in [0.717, 1.165) is 11.6 Å². The second-order valence-electron chi connectivity index (χ2n) is 8.94. The lowest BCUT2D eigenvalue weighted by molar-refractivity contribution is 0.0696. The van der Waals surface area contributed by atoms with E-state index in [1.54, 1.807) is 31.2 Å². The Morgan fingerprint density at radius 3 is 2.19 bits per heavy atom. The second kappa shape index (κ2) is 10.5. The fourth-order valence-corrected chi connectivity index (χ4v) is 8.38. The molecule has 10 heteroatoms. The normalized spacial score (nSPS) is 19.4. The van der Waals surface area contributed by atoms with Crippen LogP contribution in [0.15, 0.2) is 83.8 Å². The third kappa shape index (κ3) is 5.84. The number of aryl methyl sites for hydroxylation is 1. The summed E-state index contributed by atoms with van der Waals surface area (Å²) < 4.78 is 54.8. The molecular formula is C26H28N2O6S2. The van der Waals surface area contributed by atoms with Crippen molar-refractivity contribution in [2.75, 3.05) is 11.5 Å². The SMILES string of the molecule is Cc1ccc(C(=O)O)cc1S(=O)(=O)N(Cc1ccccc1)[C@H]1CS(=O)(=O)C[C@H]1NCc1ccccc1. The monoisotopic (exact) mass is 528 g/mol. The summed E-state index contributed by atoms with van der Waals surface area (Å²) in [4.78, 5) is 11.4. The van der Waals surface area contributed by atoms with Crippen LogP contribution in [0.3, 0.4) is 0 Å². The number of hydrogen-bond donors (Lipinski definition) is 2. The number of rotatable bonds is 9. The summed E-state index contributed by atoms with van der Waals surface area (Å²) in [6, 6.07) is 20.8. The van der Waals surface area contributed by atoms with Gasteiger partial charge < -0.3 is 10.4 Å². The Bertz CT molecular complexity index is 1440. The van der Waals surface area contributed by atoms with Crippen molar-refractivity contribution in [3.63, 3.8) is 0 Å². The molecule has 0 bridgehead atoms. The Hall–Kier alpha value is -3.05. The third-order valence-corrected chi connectivity index (χ3v) is 10.0. The predicted octanol–water partition coefficient (Wildman–Crippen LogP) is 2.84. The van der Waals surface area contributed by atoms with Gasteiger partial charge >= 0.3 is 5.97 Å². The number of nitrogens with zero attached hydrogens (tertiary/aromatic N) is 1. The van der Waals surface area contributed by atoms with Crippen molar-refractivity contribution in [2.45, 2.75) is 37.0 Å². The van der Waals surface area contributed by atoms with Crippen LogP contribution in [0, 0.1) is 6.92 Å². The zero-order valence-electron chi connectivity index (χ0n) is 19.7. The molecule has 1 aliphatic rings. The number of sulfonamides is 1. The number of carbonyl (C=O) groups is 1. The van der Waals surface area contributed by atoms with Gasteiger partial charge in [0.25, 0.3) is 0 Å². The van der Waals surface area contributed by atoms with Gasteiger partial charge in [0.05, 0.1) is 28.0 Å². The fraction of sp³-hybridized carbons (Fsp3) is 0.269. The minimum Gasteiger partial charge on any atom is -0.478 e. The van der Waals surface area contributed by atoms with Crippen molar-refractivity contribution in [1.29, 1.82) is 0 Å². The van der Waals surface area contributed by atoms with Crippen molar-refractivity contribution < 1.29 is 26.7 Å². The zero-order valence-corrected chi connectivity index (χ0v) is 21.4. The average molecular weight is 529 g/mol. The lowest BCUT2D eigenvalue weighted by atomic mass is 10.1. The highest BCUT2D eigenvalue weighted by molar-refractivity contribution is 7.92. The molecular weight excluding hydrogens is 500 g/mol. The molecule has 0 aliphatic carbocycles. The largest absolute Gasteiger partial charge is 0.478 e. The summed E-state index contributed by atoms with van der Waals surface area (Å²) in [5, 5.41) is 12.7. The molecule has 1 fully saturated rings.